The molecule has 0 saturated heterocycles. The average Bonchev–Trinajstić information content (AvgIpc) is 2.64. The normalized spacial score (nSPS) is 19.2. The number of amides is 1. The number of anilines is 3. The summed E-state index contributed by atoms with van der Waals surface area (Å²) in [5, 5.41) is 17.3. The first kappa shape index (κ1) is 16.8. The summed E-state index contributed by atoms with van der Waals surface area (Å²) in [7, 11) is 0. The summed E-state index contributed by atoms with van der Waals surface area (Å²) in [6.45, 7) is 0. The molecule has 0 unspecified atom stereocenters. The number of benzene rings is 2. The molecule has 5 heteroatoms. The zero-order valence-electron chi connectivity index (χ0n) is 13.6. The van der Waals surface area contributed by atoms with Crippen LogP contribution < -0.4 is 15.7 Å². The maximum absolute atomic E-state index is 12.4. The number of carbonyl (C=O) groups excluding carboxylic acids is 2. The summed E-state index contributed by atoms with van der Waals surface area (Å²) in [4.78, 5) is 23.6. The highest BCUT2D eigenvalue weighted by Gasteiger charge is 2.29. The molecule has 0 saturated carbocycles. The number of carbonyl (C=O) groups is 2. The van der Waals surface area contributed by atoms with E-state index in [1.165, 1.54) is 0 Å². The van der Waals surface area contributed by atoms with Gasteiger partial charge in [-0.3, -0.25) is 4.79 Å². The van der Waals surface area contributed by atoms with Gasteiger partial charge in [0.05, 0.1) is 5.92 Å². The van der Waals surface area contributed by atoms with Crippen molar-refractivity contribution in [3.8, 4) is 0 Å². The Kier molecular flexibility index (Phi) is 5.14. The third kappa shape index (κ3) is 4.26. The minimum Gasteiger partial charge on any atom is -0.550 e. The molecule has 1 aliphatic rings. The summed E-state index contributed by atoms with van der Waals surface area (Å²) >= 11 is 0. The molecule has 0 bridgehead atoms. The summed E-state index contributed by atoms with van der Waals surface area (Å²) in [6, 6.07) is 17.1. The number of para-hydroxylation sites is 1. The first-order chi connectivity index (χ1) is 12.1. The Morgan fingerprint density at radius 3 is 2.00 bits per heavy atom. The lowest BCUT2D eigenvalue weighted by atomic mass is 9.82. The minimum absolute atomic E-state index is 0.290. The van der Waals surface area contributed by atoms with E-state index in [2.05, 4.69) is 10.6 Å². The Hall–Kier alpha value is -3.08. The first-order valence-corrected chi connectivity index (χ1v) is 8.22. The van der Waals surface area contributed by atoms with E-state index in [0.717, 1.165) is 11.4 Å². The predicted molar refractivity (Wildman–Crippen MR) is 95.2 cm³/mol. The molecule has 2 N–H and O–H groups in total. The standard InChI is InChI=1S/C20H20N2O3/c23-19(17-8-4-5-9-18(17)20(24)25)22-16-12-10-15(11-13-16)21-14-6-2-1-3-7-14/h1-7,10-13,17-18,21H,8-9H2,(H,22,23)(H,24,25)/p-1/t17-,18-/m1/s1. The fraction of sp³-hybridized carbons (Fsp3) is 0.200. The zero-order valence-corrected chi connectivity index (χ0v) is 13.6. The van der Waals surface area contributed by atoms with Crippen molar-refractivity contribution in [3.63, 3.8) is 0 Å². The average molecular weight is 335 g/mol. The van der Waals surface area contributed by atoms with Gasteiger partial charge in [0.15, 0.2) is 0 Å². The molecule has 1 amide bonds. The number of hydrogen-bond acceptors (Lipinski definition) is 4. The molecule has 25 heavy (non-hydrogen) atoms. The van der Waals surface area contributed by atoms with Crippen molar-refractivity contribution in [1.82, 2.24) is 0 Å². The van der Waals surface area contributed by atoms with Crippen LogP contribution in [0, 0.1) is 11.8 Å². The van der Waals surface area contributed by atoms with Gasteiger partial charge in [0.2, 0.25) is 5.91 Å². The number of hydrogen-bond donors (Lipinski definition) is 2. The van der Waals surface area contributed by atoms with Crippen LogP contribution in [0.5, 0.6) is 0 Å². The number of rotatable bonds is 5. The lowest BCUT2D eigenvalue weighted by molar-refractivity contribution is -0.313. The quantitative estimate of drug-likeness (QED) is 0.823. The van der Waals surface area contributed by atoms with Gasteiger partial charge in [-0.05, 0) is 49.2 Å². The van der Waals surface area contributed by atoms with Crippen LogP contribution in [0.4, 0.5) is 17.1 Å². The maximum atomic E-state index is 12.4. The molecule has 3 rings (SSSR count). The van der Waals surface area contributed by atoms with Crippen molar-refractivity contribution in [2.24, 2.45) is 11.8 Å². The Bertz CT molecular complexity index is 769. The van der Waals surface area contributed by atoms with Gasteiger partial charge in [-0.1, -0.05) is 30.4 Å². The molecule has 2 aromatic carbocycles. The fourth-order valence-corrected chi connectivity index (χ4v) is 2.92. The van der Waals surface area contributed by atoms with Crippen LogP contribution in [-0.4, -0.2) is 11.9 Å². The van der Waals surface area contributed by atoms with E-state index in [1.807, 2.05) is 48.5 Å². The summed E-state index contributed by atoms with van der Waals surface area (Å²) in [6.07, 6.45) is 4.38. The Balaban J connectivity index is 1.63. The van der Waals surface area contributed by atoms with Gasteiger partial charge in [0, 0.05) is 28.9 Å². The molecule has 0 heterocycles. The van der Waals surface area contributed by atoms with Crippen LogP contribution in [0.15, 0.2) is 66.7 Å². The monoisotopic (exact) mass is 335 g/mol. The second kappa shape index (κ2) is 7.66. The topological polar surface area (TPSA) is 81.3 Å². The molecule has 5 nitrogen and oxygen atoms in total. The number of carboxylic acid groups (broad SMARTS) is 1. The lowest BCUT2D eigenvalue weighted by Crippen LogP contribution is -2.41. The number of aliphatic carboxylic acids is 1. The molecular formula is C20H19N2O3-. The third-order valence-corrected chi connectivity index (χ3v) is 4.29. The van der Waals surface area contributed by atoms with E-state index in [4.69, 9.17) is 0 Å². The van der Waals surface area contributed by atoms with Gasteiger partial charge in [0.25, 0.3) is 0 Å². The molecule has 2 aromatic rings. The van der Waals surface area contributed by atoms with Gasteiger partial charge in [0.1, 0.15) is 0 Å². The summed E-state index contributed by atoms with van der Waals surface area (Å²) in [5.74, 6) is -2.84. The van der Waals surface area contributed by atoms with E-state index >= 15 is 0 Å². The van der Waals surface area contributed by atoms with E-state index in [-0.39, 0.29) is 5.91 Å². The molecule has 1 aliphatic carbocycles. The van der Waals surface area contributed by atoms with Gasteiger partial charge < -0.3 is 20.5 Å². The van der Waals surface area contributed by atoms with E-state index < -0.39 is 17.8 Å². The molecule has 0 radical (unpaired) electrons. The van der Waals surface area contributed by atoms with Crippen molar-refractivity contribution < 1.29 is 14.7 Å². The molecule has 128 valence electrons. The minimum atomic E-state index is -1.17. The van der Waals surface area contributed by atoms with E-state index in [9.17, 15) is 14.7 Å². The van der Waals surface area contributed by atoms with Crippen LogP contribution in [0.3, 0.4) is 0 Å². The van der Waals surface area contributed by atoms with E-state index in [0.29, 0.717) is 18.5 Å². The highest BCUT2D eigenvalue weighted by molar-refractivity contribution is 5.95. The zero-order chi connectivity index (χ0) is 17.6. The van der Waals surface area contributed by atoms with Gasteiger partial charge in [-0.15, -0.1) is 0 Å². The number of nitrogens with one attached hydrogen (secondary N) is 2. The highest BCUT2D eigenvalue weighted by Crippen LogP contribution is 2.27. The van der Waals surface area contributed by atoms with Gasteiger partial charge in [-0.2, -0.15) is 0 Å². The van der Waals surface area contributed by atoms with Gasteiger partial charge in [-0.25, -0.2) is 0 Å². The van der Waals surface area contributed by atoms with Crippen LogP contribution in [0.25, 0.3) is 0 Å². The second-order valence-electron chi connectivity index (χ2n) is 6.03. The predicted octanol–water partition coefficient (Wildman–Crippen LogP) is 2.70. The van der Waals surface area contributed by atoms with Gasteiger partial charge >= 0.3 is 0 Å². The number of carboxylic acids is 1. The largest absolute Gasteiger partial charge is 0.550 e. The third-order valence-electron chi connectivity index (χ3n) is 4.29. The highest BCUT2D eigenvalue weighted by atomic mass is 16.4. The van der Waals surface area contributed by atoms with Crippen molar-refractivity contribution in [3.05, 3.63) is 66.7 Å². The smallest absolute Gasteiger partial charge is 0.228 e. The maximum Gasteiger partial charge on any atom is 0.228 e. The van der Waals surface area contributed by atoms with Crippen LogP contribution >= 0.6 is 0 Å². The molecule has 0 aromatic heterocycles. The second-order valence-corrected chi connectivity index (χ2v) is 6.03. The lowest BCUT2D eigenvalue weighted by Gasteiger charge is -2.28. The molecule has 2 atom stereocenters. The van der Waals surface area contributed by atoms with Crippen molar-refractivity contribution in [2.75, 3.05) is 10.6 Å². The van der Waals surface area contributed by atoms with Crippen LogP contribution in [-0.2, 0) is 9.59 Å². The van der Waals surface area contributed by atoms with Crippen molar-refractivity contribution in [2.45, 2.75) is 12.8 Å². The summed E-state index contributed by atoms with van der Waals surface area (Å²) < 4.78 is 0. The Morgan fingerprint density at radius 1 is 0.800 bits per heavy atom. The summed E-state index contributed by atoms with van der Waals surface area (Å²) in [5.41, 5.74) is 2.51. The molecular weight excluding hydrogens is 316 g/mol. The van der Waals surface area contributed by atoms with Crippen LogP contribution in [0.1, 0.15) is 12.8 Å². The molecule has 0 fully saturated rings. The fourth-order valence-electron chi connectivity index (χ4n) is 2.92. The molecule has 0 aliphatic heterocycles. The van der Waals surface area contributed by atoms with Crippen LogP contribution in [0.2, 0.25) is 0 Å². The first-order valence-electron chi connectivity index (χ1n) is 8.22. The molecule has 0 spiro atoms. The number of allylic oxidation sites excluding steroid dienone is 2. The Morgan fingerprint density at radius 2 is 1.36 bits per heavy atom. The van der Waals surface area contributed by atoms with Crippen molar-refractivity contribution in [1.29, 1.82) is 0 Å². The van der Waals surface area contributed by atoms with E-state index in [1.54, 1.807) is 18.2 Å². The SMILES string of the molecule is O=C([O-])[C@@H]1CC=CC[C@H]1C(=O)Nc1ccc(Nc2ccccc2)cc1. The van der Waals surface area contributed by atoms with Crippen molar-refractivity contribution >= 4 is 28.9 Å². The Labute approximate surface area is 146 Å².